The van der Waals surface area contributed by atoms with Crippen molar-refractivity contribution in [3.05, 3.63) is 77.9 Å². The average molecular weight is 337 g/mol. The average Bonchev–Trinajstić information content (AvgIpc) is 3.15. The number of amides is 1. The third-order valence-corrected chi connectivity index (χ3v) is 4.61. The molecule has 24 heavy (non-hydrogen) atoms. The van der Waals surface area contributed by atoms with Crippen LogP contribution in [0.4, 0.5) is 0 Å². The second-order valence-electron chi connectivity index (χ2n) is 5.50. The molecule has 0 spiro atoms. The molecule has 5 heteroatoms. The van der Waals surface area contributed by atoms with Gasteiger partial charge in [0.15, 0.2) is 0 Å². The van der Waals surface area contributed by atoms with Crippen molar-refractivity contribution in [1.82, 2.24) is 14.9 Å². The van der Waals surface area contributed by atoms with E-state index < -0.39 is 0 Å². The van der Waals surface area contributed by atoms with E-state index in [2.05, 4.69) is 10.3 Å². The summed E-state index contributed by atoms with van der Waals surface area (Å²) < 4.78 is 1.94. The summed E-state index contributed by atoms with van der Waals surface area (Å²) in [7, 11) is 0. The van der Waals surface area contributed by atoms with Gasteiger partial charge in [0.25, 0.3) is 5.91 Å². The number of aryl methyl sites for hydroxylation is 1. The maximum Gasteiger partial charge on any atom is 0.251 e. The van der Waals surface area contributed by atoms with Crippen LogP contribution in [0.1, 0.15) is 21.5 Å². The number of nitrogens with one attached hydrogen (secondary N) is 1. The number of thioether (sulfide) groups is 1. The van der Waals surface area contributed by atoms with Gasteiger partial charge in [-0.05, 0) is 48.6 Å². The normalized spacial score (nSPS) is 10.6. The fourth-order valence-electron chi connectivity index (χ4n) is 2.45. The smallest absolute Gasteiger partial charge is 0.251 e. The highest BCUT2D eigenvalue weighted by molar-refractivity contribution is 7.98. The number of carbonyl (C=O) groups excluding carboxylic acids is 1. The molecule has 0 unspecified atom stereocenters. The maximum atomic E-state index is 12.4. The SMILES string of the molecule is CSc1ccc(C)c(C(=O)NCc2ccc(-n3ccnc3)cc2)c1. The van der Waals surface area contributed by atoms with Gasteiger partial charge in [-0.1, -0.05) is 18.2 Å². The fourth-order valence-corrected chi connectivity index (χ4v) is 2.89. The minimum absolute atomic E-state index is 0.0397. The minimum atomic E-state index is -0.0397. The predicted molar refractivity (Wildman–Crippen MR) is 97.7 cm³/mol. The molecule has 0 aliphatic heterocycles. The zero-order chi connectivity index (χ0) is 16.9. The number of aromatic nitrogens is 2. The highest BCUT2D eigenvalue weighted by Crippen LogP contribution is 2.19. The van der Waals surface area contributed by atoms with Crippen molar-refractivity contribution >= 4 is 17.7 Å². The maximum absolute atomic E-state index is 12.4. The molecule has 0 saturated carbocycles. The van der Waals surface area contributed by atoms with E-state index in [9.17, 15) is 4.79 Å². The van der Waals surface area contributed by atoms with Crippen molar-refractivity contribution in [2.24, 2.45) is 0 Å². The Morgan fingerprint density at radius 1 is 1.21 bits per heavy atom. The third-order valence-electron chi connectivity index (χ3n) is 3.88. The van der Waals surface area contributed by atoms with E-state index in [0.717, 1.165) is 27.3 Å². The molecule has 0 aliphatic rings. The highest BCUT2D eigenvalue weighted by Gasteiger charge is 2.09. The molecule has 3 aromatic rings. The summed E-state index contributed by atoms with van der Waals surface area (Å²) in [5, 5.41) is 2.99. The Balaban J connectivity index is 1.66. The lowest BCUT2D eigenvalue weighted by atomic mass is 10.1. The van der Waals surface area contributed by atoms with Crippen LogP contribution in [0.2, 0.25) is 0 Å². The number of imidazole rings is 1. The standard InChI is InChI=1S/C19H19N3OS/c1-14-3-8-17(24-2)11-18(14)19(23)21-12-15-4-6-16(7-5-15)22-10-9-20-13-22/h3-11,13H,12H2,1-2H3,(H,21,23). The Labute approximate surface area is 145 Å². The largest absolute Gasteiger partial charge is 0.348 e. The monoisotopic (exact) mass is 337 g/mol. The summed E-state index contributed by atoms with van der Waals surface area (Å²) in [6, 6.07) is 14.0. The molecule has 0 saturated heterocycles. The molecular weight excluding hydrogens is 318 g/mol. The van der Waals surface area contributed by atoms with E-state index in [1.165, 1.54) is 0 Å². The Morgan fingerprint density at radius 2 is 2.00 bits per heavy atom. The number of hydrogen-bond donors (Lipinski definition) is 1. The number of carbonyl (C=O) groups is 1. The van der Waals surface area contributed by atoms with Crippen LogP contribution in [0.25, 0.3) is 5.69 Å². The van der Waals surface area contributed by atoms with Crippen molar-refractivity contribution < 1.29 is 4.79 Å². The predicted octanol–water partition coefficient (Wildman–Crippen LogP) is 3.83. The number of benzene rings is 2. The van der Waals surface area contributed by atoms with Gasteiger partial charge in [-0.3, -0.25) is 4.79 Å². The lowest BCUT2D eigenvalue weighted by Gasteiger charge is -2.10. The van der Waals surface area contributed by atoms with Gasteiger partial charge in [0.1, 0.15) is 0 Å². The fraction of sp³-hybridized carbons (Fsp3) is 0.158. The van der Waals surface area contributed by atoms with Gasteiger partial charge in [0.2, 0.25) is 0 Å². The molecule has 0 fully saturated rings. The molecule has 0 atom stereocenters. The molecule has 122 valence electrons. The first-order chi connectivity index (χ1) is 11.7. The topological polar surface area (TPSA) is 46.9 Å². The Kier molecular flexibility index (Phi) is 5.01. The van der Waals surface area contributed by atoms with E-state index in [0.29, 0.717) is 6.54 Å². The van der Waals surface area contributed by atoms with E-state index in [-0.39, 0.29) is 5.91 Å². The molecule has 3 rings (SSSR count). The molecule has 1 N–H and O–H groups in total. The van der Waals surface area contributed by atoms with Gasteiger partial charge >= 0.3 is 0 Å². The summed E-state index contributed by atoms with van der Waals surface area (Å²) in [6.45, 7) is 2.46. The van der Waals surface area contributed by atoms with Crippen LogP contribution >= 0.6 is 11.8 Å². The zero-order valence-electron chi connectivity index (χ0n) is 13.7. The van der Waals surface area contributed by atoms with Crippen LogP contribution in [-0.2, 0) is 6.54 Å². The van der Waals surface area contributed by atoms with Crippen LogP contribution < -0.4 is 5.32 Å². The molecule has 0 aliphatic carbocycles. The molecule has 1 aromatic heterocycles. The Morgan fingerprint density at radius 3 is 2.67 bits per heavy atom. The first-order valence-electron chi connectivity index (χ1n) is 7.67. The lowest BCUT2D eigenvalue weighted by Crippen LogP contribution is -2.23. The summed E-state index contributed by atoms with van der Waals surface area (Å²) in [6.07, 6.45) is 7.42. The zero-order valence-corrected chi connectivity index (χ0v) is 14.5. The van der Waals surface area contributed by atoms with Crippen molar-refractivity contribution in [2.75, 3.05) is 6.26 Å². The molecule has 0 radical (unpaired) electrons. The number of nitrogens with zero attached hydrogens (tertiary/aromatic N) is 2. The summed E-state index contributed by atoms with van der Waals surface area (Å²) in [5.74, 6) is -0.0397. The molecular formula is C19H19N3OS. The molecule has 4 nitrogen and oxygen atoms in total. The molecule has 1 heterocycles. The molecule has 2 aromatic carbocycles. The van der Waals surface area contributed by atoms with Gasteiger partial charge in [-0.15, -0.1) is 11.8 Å². The van der Waals surface area contributed by atoms with Gasteiger partial charge < -0.3 is 9.88 Å². The van der Waals surface area contributed by atoms with Crippen molar-refractivity contribution in [3.8, 4) is 5.69 Å². The summed E-state index contributed by atoms with van der Waals surface area (Å²) in [4.78, 5) is 17.6. The van der Waals surface area contributed by atoms with Gasteiger partial charge in [-0.25, -0.2) is 4.98 Å². The van der Waals surface area contributed by atoms with Gasteiger partial charge in [0, 0.05) is 35.1 Å². The lowest BCUT2D eigenvalue weighted by molar-refractivity contribution is 0.0950. The van der Waals surface area contributed by atoms with Crippen molar-refractivity contribution in [3.63, 3.8) is 0 Å². The molecule has 1 amide bonds. The summed E-state index contributed by atoms with van der Waals surface area (Å²) >= 11 is 1.64. The quantitative estimate of drug-likeness (QED) is 0.720. The molecule has 0 bridgehead atoms. The number of rotatable bonds is 5. The number of hydrogen-bond acceptors (Lipinski definition) is 3. The van der Waals surface area contributed by atoms with E-state index in [4.69, 9.17) is 0 Å². The van der Waals surface area contributed by atoms with Crippen LogP contribution in [-0.4, -0.2) is 21.7 Å². The van der Waals surface area contributed by atoms with Gasteiger partial charge in [-0.2, -0.15) is 0 Å². The van der Waals surface area contributed by atoms with E-state index in [1.807, 2.05) is 66.4 Å². The van der Waals surface area contributed by atoms with E-state index in [1.54, 1.807) is 24.3 Å². The van der Waals surface area contributed by atoms with Crippen LogP contribution in [0.3, 0.4) is 0 Å². The van der Waals surface area contributed by atoms with Crippen molar-refractivity contribution in [1.29, 1.82) is 0 Å². The minimum Gasteiger partial charge on any atom is -0.348 e. The second kappa shape index (κ2) is 7.36. The second-order valence-corrected chi connectivity index (χ2v) is 6.38. The van der Waals surface area contributed by atoms with Crippen LogP contribution in [0.5, 0.6) is 0 Å². The van der Waals surface area contributed by atoms with Crippen LogP contribution in [0, 0.1) is 6.92 Å². The van der Waals surface area contributed by atoms with Gasteiger partial charge in [0.05, 0.1) is 6.33 Å². The first-order valence-corrected chi connectivity index (χ1v) is 8.90. The first kappa shape index (κ1) is 16.3. The van der Waals surface area contributed by atoms with Crippen LogP contribution in [0.15, 0.2) is 66.1 Å². The Bertz CT molecular complexity index is 826. The third kappa shape index (κ3) is 3.68. The highest BCUT2D eigenvalue weighted by atomic mass is 32.2. The van der Waals surface area contributed by atoms with Crippen molar-refractivity contribution in [2.45, 2.75) is 18.4 Å². The van der Waals surface area contributed by atoms with E-state index >= 15 is 0 Å². The Hall–Kier alpha value is -2.53. The summed E-state index contributed by atoms with van der Waals surface area (Å²) in [5.41, 5.74) is 3.83.